The quantitative estimate of drug-likeness (QED) is 0.656. The maximum absolute atomic E-state index is 5.47. The molecule has 0 amide bonds. The third kappa shape index (κ3) is 6.60. The standard InChI is InChI=1S/C11H17BrO3S/c1-13-5-2-6-14-7-8-15-9-10-3-4-11(12)16-10/h3-4H,2,5-9H2,1H3. The van der Waals surface area contributed by atoms with Gasteiger partial charge in [-0.25, -0.2) is 0 Å². The van der Waals surface area contributed by atoms with Gasteiger partial charge in [0.15, 0.2) is 0 Å². The molecule has 0 N–H and O–H groups in total. The smallest absolute Gasteiger partial charge is 0.0810 e. The molecular weight excluding hydrogens is 292 g/mol. The lowest BCUT2D eigenvalue weighted by molar-refractivity contribution is 0.0344. The Labute approximate surface area is 109 Å². The number of thiophene rings is 1. The van der Waals surface area contributed by atoms with E-state index >= 15 is 0 Å². The molecular formula is C11H17BrO3S. The number of ether oxygens (including phenoxy) is 3. The highest BCUT2D eigenvalue weighted by Gasteiger charge is 1.97. The van der Waals surface area contributed by atoms with Crippen LogP contribution < -0.4 is 0 Å². The second-order valence-corrected chi connectivity index (χ2v) is 5.76. The van der Waals surface area contributed by atoms with Gasteiger partial charge in [-0.15, -0.1) is 11.3 Å². The van der Waals surface area contributed by atoms with Crippen molar-refractivity contribution < 1.29 is 14.2 Å². The maximum Gasteiger partial charge on any atom is 0.0810 e. The maximum atomic E-state index is 5.47. The zero-order valence-corrected chi connectivity index (χ0v) is 11.8. The first kappa shape index (κ1) is 14.1. The first-order chi connectivity index (χ1) is 7.83. The molecule has 1 aromatic heterocycles. The van der Waals surface area contributed by atoms with E-state index in [0.29, 0.717) is 19.8 Å². The van der Waals surface area contributed by atoms with Gasteiger partial charge in [0.1, 0.15) is 0 Å². The van der Waals surface area contributed by atoms with Gasteiger partial charge in [0.05, 0.1) is 23.6 Å². The molecule has 0 fully saturated rings. The van der Waals surface area contributed by atoms with Crippen molar-refractivity contribution >= 4 is 27.3 Å². The molecule has 0 saturated heterocycles. The van der Waals surface area contributed by atoms with Crippen LogP contribution in [0.5, 0.6) is 0 Å². The summed E-state index contributed by atoms with van der Waals surface area (Å²) in [6.45, 7) is 3.45. The Kier molecular flexibility index (Phi) is 8.06. The number of hydrogen-bond acceptors (Lipinski definition) is 4. The Bertz CT molecular complexity index is 278. The van der Waals surface area contributed by atoms with Crippen LogP contribution in [0.4, 0.5) is 0 Å². The van der Waals surface area contributed by atoms with E-state index in [1.807, 2.05) is 6.07 Å². The topological polar surface area (TPSA) is 27.7 Å². The minimum atomic E-state index is 0.641. The Hall–Kier alpha value is 0.0600. The van der Waals surface area contributed by atoms with Crippen molar-refractivity contribution in [2.24, 2.45) is 0 Å². The van der Waals surface area contributed by atoms with Gasteiger partial charge in [-0.2, -0.15) is 0 Å². The lowest BCUT2D eigenvalue weighted by Crippen LogP contribution is -2.06. The van der Waals surface area contributed by atoms with Crippen molar-refractivity contribution in [1.82, 2.24) is 0 Å². The molecule has 0 saturated carbocycles. The molecule has 3 nitrogen and oxygen atoms in total. The highest BCUT2D eigenvalue weighted by Crippen LogP contribution is 2.22. The minimum Gasteiger partial charge on any atom is -0.385 e. The van der Waals surface area contributed by atoms with Gasteiger partial charge in [0.2, 0.25) is 0 Å². The fourth-order valence-electron chi connectivity index (χ4n) is 1.13. The van der Waals surface area contributed by atoms with Crippen molar-refractivity contribution in [3.05, 3.63) is 20.8 Å². The number of halogens is 1. The number of hydrogen-bond donors (Lipinski definition) is 0. The summed E-state index contributed by atoms with van der Waals surface area (Å²) in [5.41, 5.74) is 0. The third-order valence-electron chi connectivity index (χ3n) is 1.88. The summed E-state index contributed by atoms with van der Waals surface area (Å²) in [6, 6.07) is 4.10. The zero-order valence-electron chi connectivity index (χ0n) is 9.41. The monoisotopic (exact) mass is 308 g/mol. The molecule has 16 heavy (non-hydrogen) atoms. The Morgan fingerprint density at radius 2 is 1.94 bits per heavy atom. The molecule has 0 unspecified atom stereocenters. The van der Waals surface area contributed by atoms with Crippen LogP contribution in [0.2, 0.25) is 0 Å². The lowest BCUT2D eigenvalue weighted by Gasteiger charge is -2.04. The Morgan fingerprint density at radius 1 is 1.12 bits per heavy atom. The van der Waals surface area contributed by atoms with Crippen LogP contribution in [0.25, 0.3) is 0 Å². The molecule has 0 spiro atoms. The van der Waals surface area contributed by atoms with Crippen LogP contribution in [-0.2, 0) is 20.8 Å². The second kappa shape index (κ2) is 9.13. The van der Waals surface area contributed by atoms with Crippen LogP contribution >= 0.6 is 27.3 Å². The van der Waals surface area contributed by atoms with Crippen molar-refractivity contribution in [3.8, 4) is 0 Å². The summed E-state index contributed by atoms with van der Waals surface area (Å²) in [5.74, 6) is 0. The van der Waals surface area contributed by atoms with Crippen molar-refractivity contribution in [3.63, 3.8) is 0 Å². The molecule has 0 aliphatic carbocycles. The molecule has 0 atom stereocenters. The molecule has 1 rings (SSSR count). The van der Waals surface area contributed by atoms with Gasteiger partial charge < -0.3 is 14.2 Å². The molecule has 0 radical (unpaired) electrons. The first-order valence-electron chi connectivity index (χ1n) is 5.21. The van der Waals surface area contributed by atoms with Gasteiger partial charge >= 0.3 is 0 Å². The van der Waals surface area contributed by atoms with Crippen molar-refractivity contribution in [1.29, 1.82) is 0 Å². The number of methoxy groups -OCH3 is 1. The average Bonchev–Trinajstić information content (AvgIpc) is 2.68. The molecule has 5 heteroatoms. The number of rotatable bonds is 9. The lowest BCUT2D eigenvalue weighted by atomic mass is 10.5. The average molecular weight is 309 g/mol. The fourth-order valence-corrected chi connectivity index (χ4v) is 2.55. The third-order valence-corrected chi connectivity index (χ3v) is 3.48. The van der Waals surface area contributed by atoms with Crippen LogP contribution in [-0.4, -0.2) is 33.5 Å². The van der Waals surface area contributed by atoms with Gasteiger partial charge in [-0.3, -0.25) is 0 Å². The normalized spacial score (nSPS) is 10.9. The van der Waals surface area contributed by atoms with E-state index < -0.39 is 0 Å². The SMILES string of the molecule is COCCCOCCOCc1ccc(Br)s1. The fraction of sp³-hybridized carbons (Fsp3) is 0.636. The van der Waals surface area contributed by atoms with Crippen LogP contribution in [0.3, 0.4) is 0 Å². The molecule has 0 bridgehead atoms. The molecule has 1 heterocycles. The molecule has 1 aromatic rings. The summed E-state index contributed by atoms with van der Waals surface area (Å²) in [7, 11) is 1.70. The van der Waals surface area contributed by atoms with Crippen molar-refractivity contribution in [2.75, 3.05) is 33.5 Å². The van der Waals surface area contributed by atoms with Gasteiger partial charge in [0, 0.05) is 25.2 Å². The van der Waals surface area contributed by atoms with E-state index in [2.05, 4.69) is 22.0 Å². The van der Waals surface area contributed by atoms with Gasteiger partial charge in [-0.05, 0) is 34.5 Å². The largest absolute Gasteiger partial charge is 0.385 e. The Morgan fingerprint density at radius 3 is 2.62 bits per heavy atom. The summed E-state index contributed by atoms with van der Waals surface area (Å²) >= 11 is 5.11. The van der Waals surface area contributed by atoms with E-state index in [0.717, 1.165) is 23.4 Å². The summed E-state index contributed by atoms with van der Waals surface area (Å²) in [6.07, 6.45) is 0.939. The van der Waals surface area contributed by atoms with E-state index in [9.17, 15) is 0 Å². The predicted octanol–water partition coefficient (Wildman–Crippen LogP) is 3.08. The zero-order chi connectivity index (χ0) is 11.6. The van der Waals surface area contributed by atoms with Crippen molar-refractivity contribution in [2.45, 2.75) is 13.0 Å². The highest BCUT2D eigenvalue weighted by atomic mass is 79.9. The van der Waals surface area contributed by atoms with Crippen LogP contribution in [0, 0.1) is 0 Å². The van der Waals surface area contributed by atoms with Gasteiger partial charge in [-0.1, -0.05) is 0 Å². The summed E-state index contributed by atoms with van der Waals surface area (Å²) in [4.78, 5) is 1.23. The van der Waals surface area contributed by atoms with Gasteiger partial charge in [0.25, 0.3) is 0 Å². The van der Waals surface area contributed by atoms with E-state index in [1.54, 1.807) is 18.4 Å². The Balaban J connectivity index is 1.88. The molecule has 0 aromatic carbocycles. The molecule has 0 aliphatic rings. The van der Waals surface area contributed by atoms with E-state index in [1.165, 1.54) is 4.88 Å². The first-order valence-corrected chi connectivity index (χ1v) is 6.82. The molecule has 0 aliphatic heterocycles. The van der Waals surface area contributed by atoms with E-state index in [-0.39, 0.29) is 0 Å². The second-order valence-electron chi connectivity index (χ2n) is 3.22. The predicted molar refractivity (Wildman–Crippen MR) is 69.0 cm³/mol. The minimum absolute atomic E-state index is 0.641. The van der Waals surface area contributed by atoms with Crippen LogP contribution in [0.15, 0.2) is 15.9 Å². The summed E-state index contributed by atoms with van der Waals surface area (Å²) in [5, 5.41) is 0. The summed E-state index contributed by atoms with van der Waals surface area (Å²) < 4.78 is 16.9. The highest BCUT2D eigenvalue weighted by molar-refractivity contribution is 9.11. The van der Waals surface area contributed by atoms with Crippen LogP contribution in [0.1, 0.15) is 11.3 Å². The van der Waals surface area contributed by atoms with E-state index in [4.69, 9.17) is 14.2 Å². The molecule has 92 valence electrons.